The number of aromatic nitrogens is 2. The van der Waals surface area contributed by atoms with Gasteiger partial charge in [-0.1, -0.05) is 31.4 Å². The smallest absolute Gasteiger partial charge is 0.339 e. The van der Waals surface area contributed by atoms with Crippen LogP contribution in [0.5, 0.6) is 0 Å². The van der Waals surface area contributed by atoms with Gasteiger partial charge in [-0.2, -0.15) is 0 Å². The predicted molar refractivity (Wildman–Crippen MR) is 102 cm³/mol. The summed E-state index contributed by atoms with van der Waals surface area (Å²) in [4.78, 5) is 23.9. The molecule has 0 unspecified atom stereocenters. The molecule has 1 aliphatic carbocycles. The predicted octanol–water partition coefficient (Wildman–Crippen LogP) is 3.46. The van der Waals surface area contributed by atoms with Crippen molar-refractivity contribution in [2.45, 2.75) is 38.1 Å². The molecule has 0 atom stereocenters. The summed E-state index contributed by atoms with van der Waals surface area (Å²) >= 11 is 0. The number of carbonyl (C=O) groups excluding carboxylic acids is 2. The van der Waals surface area contributed by atoms with E-state index in [0.717, 1.165) is 25.7 Å². The summed E-state index contributed by atoms with van der Waals surface area (Å²) in [6.07, 6.45) is 5.57. The van der Waals surface area contributed by atoms with E-state index < -0.39 is 5.97 Å². The molecule has 8 nitrogen and oxygen atoms in total. The van der Waals surface area contributed by atoms with E-state index in [2.05, 4.69) is 26.1 Å². The number of carbonyl (C=O) groups is 2. The van der Waals surface area contributed by atoms with Gasteiger partial charge in [0.25, 0.3) is 0 Å². The second kappa shape index (κ2) is 8.98. The number of benzene rings is 1. The zero-order valence-corrected chi connectivity index (χ0v) is 15.2. The van der Waals surface area contributed by atoms with Gasteiger partial charge in [-0.15, -0.1) is 10.2 Å². The van der Waals surface area contributed by atoms with E-state index in [-0.39, 0.29) is 12.1 Å². The Morgan fingerprint density at radius 2 is 1.70 bits per heavy atom. The van der Waals surface area contributed by atoms with Crippen molar-refractivity contribution in [1.29, 1.82) is 0 Å². The van der Waals surface area contributed by atoms with Gasteiger partial charge in [0, 0.05) is 6.04 Å². The van der Waals surface area contributed by atoms with Crippen LogP contribution >= 0.6 is 0 Å². The first-order valence-corrected chi connectivity index (χ1v) is 9.01. The number of methoxy groups -OCH3 is 1. The maximum Gasteiger partial charge on any atom is 0.339 e. The monoisotopic (exact) mass is 369 g/mol. The van der Waals surface area contributed by atoms with Crippen molar-refractivity contribution in [3.8, 4) is 0 Å². The SMILES string of the molecule is COC(=O)c1ccccc1Nc1ccc(NC(=O)NC2CCCCC2)nn1. The van der Waals surface area contributed by atoms with Gasteiger partial charge in [0.1, 0.15) is 0 Å². The molecule has 1 aliphatic rings. The average Bonchev–Trinajstić information content (AvgIpc) is 2.70. The normalized spacial score (nSPS) is 14.3. The first-order valence-electron chi connectivity index (χ1n) is 9.01. The highest BCUT2D eigenvalue weighted by Gasteiger charge is 2.16. The third-order valence-corrected chi connectivity index (χ3v) is 4.44. The third kappa shape index (κ3) is 5.16. The Kier molecular flexibility index (Phi) is 6.19. The summed E-state index contributed by atoms with van der Waals surface area (Å²) in [5, 5.41) is 16.7. The van der Waals surface area contributed by atoms with E-state index in [1.54, 1.807) is 36.4 Å². The van der Waals surface area contributed by atoms with Crippen molar-refractivity contribution in [2.24, 2.45) is 0 Å². The second-order valence-electron chi connectivity index (χ2n) is 6.40. The molecule has 0 aliphatic heterocycles. The number of hydrogen-bond acceptors (Lipinski definition) is 6. The fourth-order valence-electron chi connectivity index (χ4n) is 3.07. The molecular weight excluding hydrogens is 346 g/mol. The lowest BCUT2D eigenvalue weighted by molar-refractivity contribution is 0.0602. The number of nitrogens with zero attached hydrogens (tertiary/aromatic N) is 2. The minimum absolute atomic E-state index is 0.225. The van der Waals surface area contributed by atoms with E-state index in [4.69, 9.17) is 4.74 Å². The molecule has 3 N–H and O–H groups in total. The van der Waals surface area contributed by atoms with Crippen LogP contribution in [0.4, 0.5) is 22.1 Å². The lowest BCUT2D eigenvalue weighted by atomic mass is 9.96. The van der Waals surface area contributed by atoms with Gasteiger partial charge in [0.2, 0.25) is 0 Å². The first-order chi connectivity index (χ1) is 13.2. The molecule has 27 heavy (non-hydrogen) atoms. The number of para-hydroxylation sites is 1. The van der Waals surface area contributed by atoms with E-state index in [1.807, 2.05) is 0 Å². The number of esters is 1. The molecule has 142 valence electrons. The number of hydrogen-bond donors (Lipinski definition) is 3. The van der Waals surface area contributed by atoms with Gasteiger partial charge in [0.15, 0.2) is 11.6 Å². The molecule has 0 bridgehead atoms. The van der Waals surface area contributed by atoms with Gasteiger partial charge < -0.3 is 15.4 Å². The topological polar surface area (TPSA) is 105 Å². The molecule has 0 spiro atoms. The van der Waals surface area contributed by atoms with E-state index in [1.165, 1.54) is 13.5 Å². The Hall–Kier alpha value is -3.16. The van der Waals surface area contributed by atoms with Crippen LogP contribution in [0.15, 0.2) is 36.4 Å². The molecule has 0 saturated heterocycles. The van der Waals surface area contributed by atoms with E-state index >= 15 is 0 Å². The van der Waals surface area contributed by atoms with Crippen molar-refractivity contribution >= 4 is 29.3 Å². The van der Waals surface area contributed by atoms with Crippen LogP contribution in [0.2, 0.25) is 0 Å². The van der Waals surface area contributed by atoms with Crippen LogP contribution in [-0.2, 0) is 4.74 Å². The Labute approximate surface area is 157 Å². The summed E-state index contributed by atoms with van der Waals surface area (Å²) < 4.78 is 4.77. The number of urea groups is 1. The Morgan fingerprint density at radius 1 is 1.00 bits per heavy atom. The fourth-order valence-corrected chi connectivity index (χ4v) is 3.07. The lowest BCUT2D eigenvalue weighted by Crippen LogP contribution is -2.39. The molecule has 2 amide bonds. The zero-order valence-electron chi connectivity index (χ0n) is 15.2. The zero-order chi connectivity index (χ0) is 19.1. The number of amides is 2. The summed E-state index contributed by atoms with van der Waals surface area (Å²) in [7, 11) is 1.33. The summed E-state index contributed by atoms with van der Waals surface area (Å²) in [6.45, 7) is 0. The van der Waals surface area contributed by atoms with Gasteiger partial charge in [-0.25, -0.2) is 9.59 Å². The summed E-state index contributed by atoms with van der Waals surface area (Å²) in [5.41, 5.74) is 0.963. The fraction of sp³-hybridized carbons (Fsp3) is 0.368. The third-order valence-electron chi connectivity index (χ3n) is 4.44. The molecule has 1 fully saturated rings. The minimum atomic E-state index is -0.441. The largest absolute Gasteiger partial charge is 0.465 e. The van der Waals surface area contributed by atoms with Crippen molar-refractivity contribution in [1.82, 2.24) is 15.5 Å². The molecule has 3 rings (SSSR count). The summed E-state index contributed by atoms with van der Waals surface area (Å²) in [6, 6.07) is 10.2. The maximum absolute atomic E-state index is 12.1. The maximum atomic E-state index is 12.1. The van der Waals surface area contributed by atoms with Gasteiger partial charge in [-0.05, 0) is 37.1 Å². The van der Waals surface area contributed by atoms with Crippen LogP contribution in [0.3, 0.4) is 0 Å². The van der Waals surface area contributed by atoms with Crippen molar-refractivity contribution in [2.75, 3.05) is 17.7 Å². The average molecular weight is 369 g/mol. The Bertz CT molecular complexity index is 788. The molecule has 8 heteroatoms. The highest BCUT2D eigenvalue weighted by molar-refractivity contribution is 5.96. The molecule has 0 radical (unpaired) electrons. The van der Waals surface area contributed by atoms with E-state index in [0.29, 0.717) is 22.9 Å². The van der Waals surface area contributed by atoms with Crippen molar-refractivity contribution < 1.29 is 14.3 Å². The first kappa shape index (κ1) is 18.6. The van der Waals surface area contributed by atoms with Crippen LogP contribution in [0.1, 0.15) is 42.5 Å². The van der Waals surface area contributed by atoms with Crippen LogP contribution in [0, 0.1) is 0 Å². The number of ether oxygens (including phenoxy) is 1. The summed E-state index contributed by atoms with van der Waals surface area (Å²) in [5.74, 6) is 0.364. The Balaban J connectivity index is 1.59. The van der Waals surface area contributed by atoms with Crippen LogP contribution in [0.25, 0.3) is 0 Å². The second-order valence-corrected chi connectivity index (χ2v) is 6.40. The van der Waals surface area contributed by atoms with Gasteiger partial charge in [-0.3, -0.25) is 5.32 Å². The van der Waals surface area contributed by atoms with E-state index in [9.17, 15) is 9.59 Å². The molecule has 1 saturated carbocycles. The van der Waals surface area contributed by atoms with Crippen LogP contribution in [-0.4, -0.2) is 35.3 Å². The number of nitrogens with one attached hydrogen (secondary N) is 3. The molecule has 1 aromatic carbocycles. The van der Waals surface area contributed by atoms with Gasteiger partial charge >= 0.3 is 12.0 Å². The minimum Gasteiger partial charge on any atom is -0.465 e. The van der Waals surface area contributed by atoms with Crippen molar-refractivity contribution in [3.63, 3.8) is 0 Å². The van der Waals surface area contributed by atoms with Crippen LogP contribution < -0.4 is 16.0 Å². The Morgan fingerprint density at radius 3 is 2.41 bits per heavy atom. The molecule has 1 heterocycles. The highest BCUT2D eigenvalue weighted by atomic mass is 16.5. The van der Waals surface area contributed by atoms with Gasteiger partial charge in [0.05, 0.1) is 18.4 Å². The molecular formula is C19H23N5O3. The molecule has 1 aromatic heterocycles. The lowest BCUT2D eigenvalue weighted by Gasteiger charge is -2.22. The standard InChI is InChI=1S/C19H23N5O3/c1-27-18(25)14-9-5-6-10-15(14)21-16-11-12-17(24-23-16)22-19(26)20-13-7-3-2-4-8-13/h5-6,9-13H,2-4,7-8H2,1H3,(H,21,23)(H2,20,22,24,26). The quantitative estimate of drug-likeness (QED) is 0.697. The highest BCUT2D eigenvalue weighted by Crippen LogP contribution is 2.21. The molecule has 2 aromatic rings. The van der Waals surface area contributed by atoms with Crippen molar-refractivity contribution in [3.05, 3.63) is 42.0 Å². The number of rotatable bonds is 5. The number of anilines is 3.